The van der Waals surface area contributed by atoms with E-state index in [1.807, 2.05) is 0 Å². The minimum Gasteiger partial charge on any atom is -0.348 e. The molecule has 2 aromatic heterocycles. The zero-order valence-corrected chi connectivity index (χ0v) is 9.03. The van der Waals surface area contributed by atoms with Gasteiger partial charge >= 0.3 is 0 Å². The molecule has 0 aliphatic carbocycles. The first-order chi connectivity index (χ1) is 7.75. The van der Waals surface area contributed by atoms with Crippen molar-refractivity contribution in [3.8, 4) is 0 Å². The summed E-state index contributed by atoms with van der Waals surface area (Å²) in [6.45, 7) is 0.429. The van der Waals surface area contributed by atoms with Gasteiger partial charge in [-0.3, -0.25) is 9.89 Å². The van der Waals surface area contributed by atoms with Crippen LogP contribution in [-0.4, -0.2) is 21.1 Å². The van der Waals surface area contributed by atoms with Crippen LogP contribution in [0.2, 0.25) is 5.15 Å². The van der Waals surface area contributed by atoms with Gasteiger partial charge in [-0.15, -0.1) is 0 Å². The Labute approximate surface area is 96.8 Å². The van der Waals surface area contributed by atoms with E-state index >= 15 is 0 Å². The van der Waals surface area contributed by atoms with Crippen molar-refractivity contribution in [2.24, 2.45) is 0 Å². The lowest BCUT2D eigenvalue weighted by Crippen LogP contribution is -2.22. The maximum atomic E-state index is 11.6. The van der Waals surface area contributed by atoms with Crippen molar-refractivity contribution in [3.05, 3.63) is 47.0 Å². The minimum absolute atomic E-state index is 0.189. The molecule has 0 atom stereocenters. The molecule has 82 valence electrons. The van der Waals surface area contributed by atoms with Gasteiger partial charge in [0.25, 0.3) is 5.91 Å². The normalized spacial score (nSPS) is 10.1. The average molecular weight is 237 g/mol. The second-order valence-corrected chi connectivity index (χ2v) is 3.55. The van der Waals surface area contributed by atoms with E-state index in [4.69, 9.17) is 11.6 Å². The lowest BCUT2D eigenvalue weighted by atomic mass is 10.2. The monoisotopic (exact) mass is 236 g/mol. The van der Waals surface area contributed by atoms with Gasteiger partial charge in [0.05, 0.1) is 11.8 Å². The average Bonchev–Trinajstić information content (AvgIpc) is 2.80. The Balaban J connectivity index is 1.95. The predicted octanol–water partition coefficient (Wildman–Crippen LogP) is 1.39. The highest BCUT2D eigenvalue weighted by Gasteiger charge is 2.05. The maximum Gasteiger partial charge on any atom is 0.253 e. The molecule has 5 nitrogen and oxygen atoms in total. The molecule has 0 spiro atoms. The lowest BCUT2D eigenvalue weighted by molar-refractivity contribution is 0.0950. The quantitative estimate of drug-likeness (QED) is 0.791. The van der Waals surface area contributed by atoms with Gasteiger partial charge in [0.1, 0.15) is 5.15 Å². The van der Waals surface area contributed by atoms with E-state index in [0.29, 0.717) is 17.3 Å². The molecule has 0 aromatic carbocycles. The van der Waals surface area contributed by atoms with Gasteiger partial charge < -0.3 is 5.32 Å². The summed E-state index contributed by atoms with van der Waals surface area (Å²) in [6, 6.07) is 3.20. The summed E-state index contributed by atoms with van der Waals surface area (Å²) in [5.41, 5.74) is 1.39. The third-order valence-electron chi connectivity index (χ3n) is 2.00. The standard InChI is InChI=1S/C10H9ClN4O/c11-9-2-1-8(6-12-9)10(16)13-3-7-4-14-15-5-7/h1-2,4-6H,3H2,(H,13,16)(H,14,15). The number of H-pyrrole nitrogens is 1. The molecule has 0 aliphatic heterocycles. The van der Waals surface area contributed by atoms with Gasteiger partial charge in [0.2, 0.25) is 0 Å². The van der Waals surface area contributed by atoms with Crippen molar-refractivity contribution in [1.29, 1.82) is 0 Å². The van der Waals surface area contributed by atoms with Crippen LogP contribution in [0.3, 0.4) is 0 Å². The second-order valence-electron chi connectivity index (χ2n) is 3.16. The number of amides is 1. The van der Waals surface area contributed by atoms with E-state index in [1.165, 1.54) is 6.20 Å². The smallest absolute Gasteiger partial charge is 0.253 e. The van der Waals surface area contributed by atoms with Crippen LogP contribution in [0.25, 0.3) is 0 Å². The number of pyridine rings is 1. The van der Waals surface area contributed by atoms with Crippen molar-refractivity contribution < 1.29 is 4.79 Å². The maximum absolute atomic E-state index is 11.6. The molecule has 0 saturated heterocycles. The Hall–Kier alpha value is -1.88. The molecule has 0 unspecified atom stereocenters. The molecule has 0 saturated carbocycles. The molecular formula is C10H9ClN4O. The molecule has 6 heteroatoms. The number of halogens is 1. The van der Waals surface area contributed by atoms with Crippen molar-refractivity contribution in [2.75, 3.05) is 0 Å². The Morgan fingerprint density at radius 3 is 2.94 bits per heavy atom. The molecule has 1 amide bonds. The fourth-order valence-electron chi connectivity index (χ4n) is 1.17. The number of carbonyl (C=O) groups excluding carboxylic acids is 1. The van der Waals surface area contributed by atoms with Gasteiger partial charge in [-0.2, -0.15) is 5.10 Å². The molecule has 0 bridgehead atoms. The number of nitrogens with one attached hydrogen (secondary N) is 2. The summed E-state index contributed by atoms with van der Waals surface area (Å²) in [4.78, 5) is 15.5. The number of aromatic nitrogens is 3. The number of aromatic amines is 1. The zero-order valence-electron chi connectivity index (χ0n) is 8.27. The van der Waals surface area contributed by atoms with E-state index in [2.05, 4.69) is 20.5 Å². The summed E-state index contributed by atoms with van der Waals surface area (Å²) in [5.74, 6) is -0.189. The highest BCUT2D eigenvalue weighted by molar-refractivity contribution is 6.29. The number of hydrogen-bond acceptors (Lipinski definition) is 3. The summed E-state index contributed by atoms with van der Waals surface area (Å²) in [7, 11) is 0. The van der Waals surface area contributed by atoms with Crippen LogP contribution >= 0.6 is 11.6 Å². The predicted molar refractivity (Wildman–Crippen MR) is 59.0 cm³/mol. The van der Waals surface area contributed by atoms with Crippen LogP contribution < -0.4 is 5.32 Å². The third kappa shape index (κ3) is 2.58. The first-order valence-electron chi connectivity index (χ1n) is 4.63. The van der Waals surface area contributed by atoms with E-state index in [9.17, 15) is 4.79 Å². The molecule has 0 aliphatic rings. The highest BCUT2D eigenvalue weighted by atomic mass is 35.5. The summed E-state index contributed by atoms with van der Waals surface area (Å²) in [6.07, 6.45) is 4.81. The van der Waals surface area contributed by atoms with E-state index in [-0.39, 0.29) is 5.91 Å². The van der Waals surface area contributed by atoms with Crippen molar-refractivity contribution in [3.63, 3.8) is 0 Å². The Morgan fingerprint density at radius 1 is 1.44 bits per heavy atom. The fraction of sp³-hybridized carbons (Fsp3) is 0.100. The third-order valence-corrected chi connectivity index (χ3v) is 2.22. The molecule has 16 heavy (non-hydrogen) atoms. The molecule has 0 fully saturated rings. The Kier molecular flexibility index (Phi) is 3.16. The van der Waals surface area contributed by atoms with Gasteiger partial charge in [-0.25, -0.2) is 4.98 Å². The van der Waals surface area contributed by atoms with E-state index in [1.54, 1.807) is 24.5 Å². The van der Waals surface area contributed by atoms with Gasteiger partial charge in [0, 0.05) is 24.5 Å². The molecule has 2 aromatic rings. The van der Waals surface area contributed by atoms with Crippen LogP contribution in [-0.2, 0) is 6.54 Å². The summed E-state index contributed by atoms with van der Waals surface area (Å²) < 4.78 is 0. The van der Waals surface area contributed by atoms with Crippen LogP contribution in [0.4, 0.5) is 0 Å². The number of rotatable bonds is 3. The molecule has 2 N–H and O–H groups in total. The van der Waals surface area contributed by atoms with Gasteiger partial charge in [-0.1, -0.05) is 11.6 Å². The van der Waals surface area contributed by atoms with Crippen molar-refractivity contribution in [1.82, 2.24) is 20.5 Å². The number of nitrogens with zero attached hydrogens (tertiary/aromatic N) is 2. The highest BCUT2D eigenvalue weighted by Crippen LogP contribution is 2.05. The topological polar surface area (TPSA) is 70.7 Å². The molecule has 0 radical (unpaired) electrons. The van der Waals surface area contributed by atoms with Crippen molar-refractivity contribution in [2.45, 2.75) is 6.54 Å². The first-order valence-corrected chi connectivity index (χ1v) is 5.01. The van der Waals surface area contributed by atoms with E-state index < -0.39 is 0 Å². The van der Waals surface area contributed by atoms with Gasteiger partial charge in [-0.05, 0) is 12.1 Å². The fourth-order valence-corrected chi connectivity index (χ4v) is 1.28. The molecule has 2 rings (SSSR count). The van der Waals surface area contributed by atoms with Gasteiger partial charge in [0.15, 0.2) is 0 Å². The van der Waals surface area contributed by atoms with Crippen molar-refractivity contribution >= 4 is 17.5 Å². The second kappa shape index (κ2) is 4.76. The van der Waals surface area contributed by atoms with Crippen LogP contribution in [0.15, 0.2) is 30.7 Å². The largest absolute Gasteiger partial charge is 0.348 e. The van der Waals surface area contributed by atoms with Crippen LogP contribution in [0, 0.1) is 0 Å². The molecular weight excluding hydrogens is 228 g/mol. The Morgan fingerprint density at radius 2 is 2.31 bits per heavy atom. The summed E-state index contributed by atoms with van der Waals surface area (Å²) >= 11 is 5.62. The summed E-state index contributed by atoms with van der Waals surface area (Å²) in [5, 5.41) is 9.55. The lowest BCUT2D eigenvalue weighted by Gasteiger charge is -2.02. The first kappa shape index (κ1) is 10.6. The van der Waals surface area contributed by atoms with E-state index in [0.717, 1.165) is 5.56 Å². The van der Waals surface area contributed by atoms with Crippen LogP contribution in [0.1, 0.15) is 15.9 Å². The SMILES string of the molecule is O=C(NCc1cn[nH]c1)c1ccc(Cl)nc1. The minimum atomic E-state index is -0.189. The number of carbonyl (C=O) groups is 1. The van der Waals surface area contributed by atoms with Crippen LogP contribution in [0.5, 0.6) is 0 Å². The molecule has 2 heterocycles. The Bertz CT molecular complexity index is 466. The number of hydrogen-bond donors (Lipinski definition) is 2. The zero-order chi connectivity index (χ0) is 11.4.